The Kier molecular flexibility index (Phi) is 4.59. The van der Waals surface area contributed by atoms with Gasteiger partial charge in [0, 0.05) is 43.4 Å². The third-order valence-corrected chi connectivity index (χ3v) is 11.7. The van der Waals surface area contributed by atoms with Crippen LogP contribution in [0.3, 0.4) is 0 Å². The normalized spacial score (nSPS) is 22.4. The van der Waals surface area contributed by atoms with E-state index in [-0.39, 0.29) is 10.8 Å². The molecular weight excluding hydrogens is 532 g/mol. The van der Waals surface area contributed by atoms with Crippen molar-refractivity contribution < 1.29 is 0 Å². The van der Waals surface area contributed by atoms with Gasteiger partial charge in [0.2, 0.25) is 0 Å². The molecule has 2 unspecified atom stereocenters. The quantitative estimate of drug-likeness (QED) is 0.187. The number of benzene rings is 4. The van der Waals surface area contributed by atoms with Crippen LogP contribution in [-0.4, -0.2) is 9.13 Å². The van der Waals surface area contributed by atoms with Crippen molar-refractivity contribution in [3.8, 4) is 11.1 Å². The van der Waals surface area contributed by atoms with E-state index in [9.17, 15) is 0 Å². The van der Waals surface area contributed by atoms with Crippen molar-refractivity contribution >= 4 is 43.6 Å². The SMILES string of the molecule is CC1(C)C2=CC=CCC2n2c3ccc(-c4ccc5c(c4)c4cccc6c4n5C4CC=CC=C4C6(C)C)cc3c3cccc1c32. The van der Waals surface area contributed by atoms with E-state index < -0.39 is 0 Å². The second-order valence-corrected chi connectivity index (χ2v) is 14.5. The summed E-state index contributed by atoms with van der Waals surface area (Å²) in [7, 11) is 0. The molecule has 0 spiro atoms. The van der Waals surface area contributed by atoms with Crippen LogP contribution >= 0.6 is 0 Å². The molecule has 44 heavy (non-hydrogen) atoms. The van der Waals surface area contributed by atoms with E-state index in [2.05, 4.69) is 146 Å². The standard InChI is InChI=1S/C42H36N2/c1-41(2)31-13-5-7-17-37(31)43-35-21-19-25(23-29(35)27-11-9-15-33(41)39(27)43)26-20-22-36-30(24-26)28-12-10-16-34-40(28)44(36)38-18-8-6-14-32(38)42(34,3)4/h5-16,19-24,37-38H,17-18H2,1-4H3. The van der Waals surface area contributed by atoms with Crippen molar-refractivity contribution in [1.29, 1.82) is 0 Å². The summed E-state index contributed by atoms with van der Waals surface area (Å²) in [5.41, 5.74) is 14.1. The molecule has 2 aromatic heterocycles. The van der Waals surface area contributed by atoms with Gasteiger partial charge in [-0.05, 0) is 70.5 Å². The van der Waals surface area contributed by atoms with Crippen molar-refractivity contribution in [2.45, 2.75) is 63.5 Å². The highest BCUT2D eigenvalue weighted by molar-refractivity contribution is 6.13. The lowest BCUT2D eigenvalue weighted by atomic mass is 9.70. The molecule has 0 bridgehead atoms. The van der Waals surface area contributed by atoms with E-state index in [0.717, 1.165) is 12.8 Å². The van der Waals surface area contributed by atoms with Gasteiger partial charge in [0.05, 0.1) is 23.1 Å². The van der Waals surface area contributed by atoms with Crippen molar-refractivity contribution in [3.05, 3.63) is 132 Å². The summed E-state index contributed by atoms with van der Waals surface area (Å²) in [5.74, 6) is 0. The minimum Gasteiger partial charge on any atom is -0.333 e. The Morgan fingerprint density at radius 1 is 0.545 bits per heavy atom. The number of nitrogens with zero attached hydrogens (tertiary/aromatic N) is 2. The molecule has 4 heterocycles. The summed E-state index contributed by atoms with van der Waals surface area (Å²) in [6.07, 6.45) is 16.0. The maximum atomic E-state index is 2.64. The molecule has 10 rings (SSSR count). The largest absolute Gasteiger partial charge is 0.333 e. The van der Waals surface area contributed by atoms with Crippen LogP contribution in [0, 0.1) is 0 Å². The number of allylic oxidation sites excluding steroid dienone is 8. The number of rotatable bonds is 1. The monoisotopic (exact) mass is 568 g/mol. The van der Waals surface area contributed by atoms with E-state index in [0.29, 0.717) is 12.1 Å². The fourth-order valence-corrected chi connectivity index (χ4v) is 9.50. The van der Waals surface area contributed by atoms with Gasteiger partial charge in [-0.3, -0.25) is 0 Å². The van der Waals surface area contributed by atoms with Gasteiger partial charge in [-0.15, -0.1) is 0 Å². The van der Waals surface area contributed by atoms with Crippen LogP contribution in [0.1, 0.15) is 63.7 Å². The van der Waals surface area contributed by atoms with E-state index in [4.69, 9.17) is 0 Å². The minimum absolute atomic E-state index is 0.0156. The molecule has 4 aromatic carbocycles. The van der Waals surface area contributed by atoms with Gasteiger partial charge in [-0.25, -0.2) is 0 Å². The van der Waals surface area contributed by atoms with E-state index in [1.807, 2.05) is 0 Å². The average Bonchev–Trinajstić information content (AvgIpc) is 3.56. The molecule has 2 heteroatoms. The molecule has 0 N–H and O–H groups in total. The molecule has 0 saturated heterocycles. The highest BCUT2D eigenvalue weighted by atomic mass is 15.0. The molecule has 0 radical (unpaired) electrons. The van der Waals surface area contributed by atoms with E-state index >= 15 is 0 Å². The summed E-state index contributed by atoms with van der Waals surface area (Å²) in [6, 6.07) is 29.0. The highest BCUT2D eigenvalue weighted by Crippen LogP contribution is 2.53. The van der Waals surface area contributed by atoms with Gasteiger partial charge >= 0.3 is 0 Å². The molecule has 2 aliphatic heterocycles. The van der Waals surface area contributed by atoms with Crippen molar-refractivity contribution in [2.24, 2.45) is 0 Å². The van der Waals surface area contributed by atoms with Crippen LogP contribution in [0.2, 0.25) is 0 Å². The topological polar surface area (TPSA) is 9.86 Å². The van der Waals surface area contributed by atoms with Gasteiger partial charge in [-0.2, -0.15) is 0 Å². The molecular formula is C42H36N2. The minimum atomic E-state index is 0.0156. The lowest BCUT2D eigenvalue weighted by Gasteiger charge is -2.41. The maximum Gasteiger partial charge on any atom is 0.0598 e. The molecule has 2 aliphatic carbocycles. The zero-order chi connectivity index (χ0) is 29.5. The van der Waals surface area contributed by atoms with Crippen LogP contribution < -0.4 is 0 Å². The average molecular weight is 569 g/mol. The Bertz CT molecular complexity index is 2220. The first kappa shape index (κ1) is 24.8. The van der Waals surface area contributed by atoms with Crippen LogP contribution in [0.5, 0.6) is 0 Å². The van der Waals surface area contributed by atoms with Crippen molar-refractivity contribution in [3.63, 3.8) is 0 Å². The van der Waals surface area contributed by atoms with Crippen LogP contribution in [0.25, 0.3) is 54.7 Å². The molecule has 214 valence electrons. The van der Waals surface area contributed by atoms with Gasteiger partial charge in [0.15, 0.2) is 0 Å². The van der Waals surface area contributed by atoms with Gasteiger partial charge < -0.3 is 9.13 Å². The third-order valence-electron chi connectivity index (χ3n) is 11.7. The Hall–Kier alpha value is -4.56. The van der Waals surface area contributed by atoms with Gasteiger partial charge in [-0.1, -0.05) is 113 Å². The van der Waals surface area contributed by atoms with Gasteiger partial charge in [0.1, 0.15) is 0 Å². The Labute approximate surface area is 258 Å². The molecule has 6 aromatic rings. The van der Waals surface area contributed by atoms with Crippen LogP contribution in [0.4, 0.5) is 0 Å². The fraction of sp³-hybridized carbons (Fsp3) is 0.238. The summed E-state index contributed by atoms with van der Waals surface area (Å²) >= 11 is 0. The number of aromatic nitrogens is 2. The smallest absolute Gasteiger partial charge is 0.0598 e. The molecule has 2 atom stereocenters. The molecule has 0 amide bonds. The summed E-state index contributed by atoms with van der Waals surface area (Å²) in [4.78, 5) is 0. The Morgan fingerprint density at radius 2 is 1.00 bits per heavy atom. The van der Waals surface area contributed by atoms with Crippen LogP contribution in [-0.2, 0) is 10.8 Å². The van der Waals surface area contributed by atoms with Crippen molar-refractivity contribution in [2.75, 3.05) is 0 Å². The summed E-state index contributed by atoms with van der Waals surface area (Å²) in [6.45, 7) is 9.63. The van der Waals surface area contributed by atoms with Crippen LogP contribution in [0.15, 0.2) is 120 Å². The molecule has 0 saturated carbocycles. The molecule has 4 aliphatic rings. The highest BCUT2D eigenvalue weighted by Gasteiger charge is 2.41. The summed E-state index contributed by atoms with van der Waals surface area (Å²) in [5, 5.41) is 5.47. The predicted octanol–water partition coefficient (Wildman–Crippen LogP) is 11.0. The predicted molar refractivity (Wildman–Crippen MR) is 186 cm³/mol. The maximum absolute atomic E-state index is 2.64. The zero-order valence-electron chi connectivity index (χ0n) is 25.9. The summed E-state index contributed by atoms with van der Waals surface area (Å²) < 4.78 is 5.29. The first-order chi connectivity index (χ1) is 21.4. The third kappa shape index (κ3) is 2.88. The number of hydrogen-bond acceptors (Lipinski definition) is 0. The van der Waals surface area contributed by atoms with Gasteiger partial charge in [0.25, 0.3) is 0 Å². The zero-order valence-corrected chi connectivity index (χ0v) is 25.9. The first-order valence-electron chi connectivity index (χ1n) is 16.2. The second kappa shape index (κ2) is 8.12. The Balaban J connectivity index is 1.21. The molecule has 2 nitrogen and oxygen atoms in total. The number of para-hydroxylation sites is 2. The Morgan fingerprint density at radius 3 is 1.45 bits per heavy atom. The lowest BCUT2D eigenvalue weighted by molar-refractivity contribution is 0.469. The first-order valence-corrected chi connectivity index (χ1v) is 16.2. The number of fused-ring (bicyclic) bond motifs is 10. The van der Waals surface area contributed by atoms with E-state index in [1.54, 1.807) is 0 Å². The van der Waals surface area contributed by atoms with E-state index in [1.165, 1.54) is 77.0 Å². The molecule has 0 fully saturated rings. The fourth-order valence-electron chi connectivity index (χ4n) is 9.50. The second-order valence-electron chi connectivity index (χ2n) is 14.5. The van der Waals surface area contributed by atoms with Crippen molar-refractivity contribution in [1.82, 2.24) is 9.13 Å². The number of hydrogen-bond donors (Lipinski definition) is 0. The lowest BCUT2D eigenvalue weighted by Crippen LogP contribution is -2.33.